The van der Waals surface area contributed by atoms with Gasteiger partial charge in [0.2, 0.25) is 6.23 Å². The summed E-state index contributed by atoms with van der Waals surface area (Å²) in [6, 6.07) is 27.1. The largest absolute Gasteiger partial charge is 0.464 e. The standard InChI is InChI=1S/C22H17BrN2O/c23-17-11-12-21-18(13-17)20-14-19(15-7-3-1-4-8-15)24-25(20)22(26-21)16-9-5-2-6-10-16/h1-13,20,22H,14H2/t20-,22+/m0/s1. The molecule has 0 amide bonds. The summed E-state index contributed by atoms with van der Waals surface area (Å²) in [5, 5.41) is 7.09. The van der Waals surface area contributed by atoms with Crippen LogP contribution in [-0.4, -0.2) is 10.7 Å². The zero-order valence-electron chi connectivity index (χ0n) is 14.0. The molecule has 2 aliphatic heterocycles. The minimum absolute atomic E-state index is 0.177. The zero-order valence-corrected chi connectivity index (χ0v) is 15.6. The highest BCUT2D eigenvalue weighted by molar-refractivity contribution is 9.10. The lowest BCUT2D eigenvalue weighted by Gasteiger charge is -2.38. The highest BCUT2D eigenvalue weighted by Gasteiger charge is 2.40. The zero-order chi connectivity index (χ0) is 17.5. The van der Waals surface area contributed by atoms with E-state index in [0.717, 1.165) is 27.9 Å². The van der Waals surface area contributed by atoms with Crippen molar-refractivity contribution in [1.82, 2.24) is 5.01 Å². The molecule has 0 radical (unpaired) electrons. The first-order valence-corrected chi connectivity index (χ1v) is 9.51. The first kappa shape index (κ1) is 15.6. The van der Waals surface area contributed by atoms with Crippen LogP contribution in [0.2, 0.25) is 0 Å². The molecule has 5 rings (SSSR count). The van der Waals surface area contributed by atoms with E-state index in [1.54, 1.807) is 0 Å². The summed E-state index contributed by atoms with van der Waals surface area (Å²) in [5.41, 5.74) is 4.57. The number of rotatable bonds is 2. The molecule has 0 saturated heterocycles. The van der Waals surface area contributed by atoms with Gasteiger partial charge in [-0.3, -0.25) is 0 Å². The summed E-state index contributed by atoms with van der Waals surface area (Å²) in [7, 11) is 0. The lowest BCUT2D eigenvalue weighted by Crippen LogP contribution is -2.33. The fourth-order valence-corrected chi connectivity index (χ4v) is 4.08. The van der Waals surface area contributed by atoms with Crippen LogP contribution < -0.4 is 4.74 Å². The molecule has 0 aliphatic carbocycles. The Kier molecular flexibility index (Phi) is 3.79. The highest BCUT2D eigenvalue weighted by atomic mass is 79.9. The number of nitrogens with zero attached hydrogens (tertiary/aromatic N) is 2. The number of ether oxygens (including phenoxy) is 1. The average molecular weight is 405 g/mol. The maximum Gasteiger partial charge on any atom is 0.213 e. The van der Waals surface area contributed by atoms with Gasteiger partial charge in [-0.2, -0.15) is 5.10 Å². The van der Waals surface area contributed by atoms with E-state index in [0.29, 0.717) is 0 Å². The van der Waals surface area contributed by atoms with Crippen molar-refractivity contribution in [2.75, 3.05) is 0 Å². The number of halogens is 1. The van der Waals surface area contributed by atoms with E-state index in [1.807, 2.05) is 36.4 Å². The molecule has 3 nitrogen and oxygen atoms in total. The summed E-state index contributed by atoms with van der Waals surface area (Å²) in [5.74, 6) is 0.938. The summed E-state index contributed by atoms with van der Waals surface area (Å²) in [6.07, 6.45) is 0.663. The minimum atomic E-state index is -0.212. The molecule has 0 N–H and O–H groups in total. The smallest absolute Gasteiger partial charge is 0.213 e. The van der Waals surface area contributed by atoms with E-state index in [9.17, 15) is 0 Å². The Labute approximate surface area is 161 Å². The summed E-state index contributed by atoms with van der Waals surface area (Å²) < 4.78 is 7.43. The topological polar surface area (TPSA) is 24.8 Å². The van der Waals surface area contributed by atoms with Crippen molar-refractivity contribution in [3.63, 3.8) is 0 Å². The summed E-state index contributed by atoms with van der Waals surface area (Å²) in [4.78, 5) is 0. The van der Waals surface area contributed by atoms with Crippen LogP contribution in [0.4, 0.5) is 0 Å². The molecule has 128 valence electrons. The molecule has 3 aromatic rings. The average Bonchev–Trinajstić information content (AvgIpc) is 3.15. The van der Waals surface area contributed by atoms with E-state index >= 15 is 0 Å². The first-order chi connectivity index (χ1) is 12.8. The van der Waals surface area contributed by atoms with Gasteiger partial charge in [-0.1, -0.05) is 76.6 Å². The van der Waals surface area contributed by atoms with Gasteiger partial charge in [0.1, 0.15) is 5.75 Å². The number of benzene rings is 3. The van der Waals surface area contributed by atoms with Gasteiger partial charge in [0.05, 0.1) is 11.8 Å². The van der Waals surface area contributed by atoms with Crippen LogP contribution in [0.5, 0.6) is 5.75 Å². The maximum atomic E-state index is 6.37. The fraction of sp³-hybridized carbons (Fsp3) is 0.136. The van der Waals surface area contributed by atoms with Crippen LogP contribution in [0.3, 0.4) is 0 Å². The quantitative estimate of drug-likeness (QED) is 0.547. The van der Waals surface area contributed by atoms with Crippen LogP contribution in [-0.2, 0) is 0 Å². The van der Waals surface area contributed by atoms with Crippen LogP contribution in [0.15, 0.2) is 88.4 Å². The third kappa shape index (κ3) is 2.61. The van der Waals surface area contributed by atoms with Gasteiger partial charge in [-0.05, 0) is 23.8 Å². The maximum absolute atomic E-state index is 6.37. The number of fused-ring (bicyclic) bond motifs is 3. The second-order valence-electron chi connectivity index (χ2n) is 6.58. The van der Waals surface area contributed by atoms with Crippen molar-refractivity contribution in [3.05, 3.63) is 100 Å². The Morgan fingerprint density at radius 3 is 2.42 bits per heavy atom. The first-order valence-electron chi connectivity index (χ1n) is 8.72. The van der Waals surface area contributed by atoms with Crippen LogP contribution >= 0.6 is 15.9 Å². The molecule has 0 fully saturated rings. The SMILES string of the molecule is Brc1ccc2c(c1)[C@@H]1CC(c3ccccc3)=NN1[C@@H](c1ccccc1)O2. The van der Waals surface area contributed by atoms with E-state index in [-0.39, 0.29) is 12.3 Å². The van der Waals surface area contributed by atoms with Gasteiger partial charge in [0.15, 0.2) is 0 Å². The van der Waals surface area contributed by atoms with E-state index in [1.165, 1.54) is 11.1 Å². The van der Waals surface area contributed by atoms with Crippen LogP contribution in [0.1, 0.15) is 35.4 Å². The van der Waals surface area contributed by atoms with Crippen LogP contribution in [0, 0.1) is 0 Å². The van der Waals surface area contributed by atoms with Crippen molar-refractivity contribution in [2.45, 2.75) is 18.7 Å². The van der Waals surface area contributed by atoms with Gasteiger partial charge >= 0.3 is 0 Å². The Bertz CT molecular complexity index is 972. The highest BCUT2D eigenvalue weighted by Crippen LogP contribution is 2.48. The second kappa shape index (κ2) is 6.29. The Balaban J connectivity index is 1.62. The molecule has 0 unspecified atom stereocenters. The number of hydrazone groups is 1. The van der Waals surface area contributed by atoms with E-state index in [4.69, 9.17) is 9.84 Å². The van der Waals surface area contributed by atoms with Crippen molar-refractivity contribution >= 4 is 21.6 Å². The second-order valence-corrected chi connectivity index (χ2v) is 7.49. The van der Waals surface area contributed by atoms with Crippen molar-refractivity contribution in [1.29, 1.82) is 0 Å². The number of hydrogen-bond acceptors (Lipinski definition) is 3. The van der Waals surface area contributed by atoms with Gasteiger partial charge in [-0.25, -0.2) is 5.01 Å². The molecule has 4 heteroatoms. The molecule has 0 saturated carbocycles. The Morgan fingerprint density at radius 1 is 0.923 bits per heavy atom. The molecule has 2 heterocycles. The number of hydrogen-bond donors (Lipinski definition) is 0. The van der Waals surface area contributed by atoms with E-state index < -0.39 is 0 Å². The molecule has 26 heavy (non-hydrogen) atoms. The normalized spacial score (nSPS) is 20.8. The summed E-state index contributed by atoms with van der Waals surface area (Å²) in [6.45, 7) is 0. The third-order valence-electron chi connectivity index (χ3n) is 4.94. The Hall–Kier alpha value is -2.59. The van der Waals surface area contributed by atoms with Gasteiger partial charge < -0.3 is 4.74 Å². The Morgan fingerprint density at radius 2 is 1.65 bits per heavy atom. The molecular formula is C22H17BrN2O. The molecule has 2 aliphatic rings. The molecule has 2 atom stereocenters. The molecular weight excluding hydrogens is 388 g/mol. The predicted molar refractivity (Wildman–Crippen MR) is 106 cm³/mol. The predicted octanol–water partition coefficient (Wildman–Crippen LogP) is 5.69. The lowest BCUT2D eigenvalue weighted by molar-refractivity contribution is -0.0190. The van der Waals surface area contributed by atoms with Gasteiger partial charge in [0.25, 0.3) is 0 Å². The fourth-order valence-electron chi connectivity index (χ4n) is 3.70. The minimum Gasteiger partial charge on any atom is -0.464 e. The van der Waals surface area contributed by atoms with Crippen molar-refractivity contribution in [2.24, 2.45) is 5.10 Å². The molecule has 0 spiro atoms. The van der Waals surface area contributed by atoms with Crippen molar-refractivity contribution in [3.8, 4) is 5.75 Å². The lowest BCUT2D eigenvalue weighted by atomic mass is 9.96. The molecule has 3 aromatic carbocycles. The van der Waals surface area contributed by atoms with Gasteiger partial charge in [-0.15, -0.1) is 0 Å². The monoisotopic (exact) mass is 404 g/mol. The summed E-state index contributed by atoms with van der Waals surface area (Å²) >= 11 is 3.60. The van der Waals surface area contributed by atoms with E-state index in [2.05, 4.69) is 63.4 Å². The molecule has 0 aromatic heterocycles. The van der Waals surface area contributed by atoms with Gasteiger partial charge in [0, 0.05) is 22.0 Å². The van der Waals surface area contributed by atoms with Crippen molar-refractivity contribution < 1.29 is 4.74 Å². The van der Waals surface area contributed by atoms with Crippen LogP contribution in [0.25, 0.3) is 0 Å². The third-order valence-corrected chi connectivity index (χ3v) is 5.44. The molecule has 0 bridgehead atoms.